The Balaban J connectivity index is 1.55. The fourth-order valence-electron chi connectivity index (χ4n) is 2.70. The quantitative estimate of drug-likeness (QED) is 0.429. The lowest BCUT2D eigenvalue weighted by Gasteiger charge is -2.07. The second-order valence-corrected chi connectivity index (χ2v) is 7.14. The van der Waals surface area contributed by atoms with Crippen molar-refractivity contribution in [2.24, 2.45) is 0 Å². The van der Waals surface area contributed by atoms with E-state index in [-0.39, 0.29) is 0 Å². The monoisotopic (exact) mass is 481 g/mol. The molecule has 3 aromatic heterocycles. The van der Waals surface area contributed by atoms with Crippen LogP contribution in [0.3, 0.4) is 0 Å². The molecule has 0 saturated heterocycles. The van der Waals surface area contributed by atoms with Crippen LogP contribution in [0.4, 0.5) is 5.82 Å². The SMILES string of the molecule is Brc1cn2c(I)cnc2c(NCCc2c[nH]c3ccccc23)n1. The molecule has 0 amide bonds. The third kappa shape index (κ3) is 2.83. The number of para-hydroxylation sites is 1. The van der Waals surface area contributed by atoms with Gasteiger partial charge in [0.25, 0.3) is 0 Å². The standard InChI is InChI=1S/C16H13BrIN5/c17-13-9-23-14(18)8-21-16(23)15(22-13)19-6-5-10-7-20-12-4-2-1-3-11(10)12/h1-4,7-9,20H,5-6H2,(H,19,22). The van der Waals surface area contributed by atoms with Gasteiger partial charge in [0, 0.05) is 29.8 Å². The average Bonchev–Trinajstić information content (AvgIpc) is 3.12. The van der Waals surface area contributed by atoms with Crippen molar-refractivity contribution in [3.05, 3.63) is 56.7 Å². The van der Waals surface area contributed by atoms with Crippen LogP contribution in [0.1, 0.15) is 5.56 Å². The molecule has 0 radical (unpaired) electrons. The van der Waals surface area contributed by atoms with Gasteiger partial charge in [-0.15, -0.1) is 0 Å². The number of imidazole rings is 1. The number of aromatic amines is 1. The van der Waals surface area contributed by atoms with Crippen LogP contribution in [0.25, 0.3) is 16.6 Å². The average molecular weight is 482 g/mol. The zero-order valence-electron chi connectivity index (χ0n) is 12.1. The van der Waals surface area contributed by atoms with Crippen LogP contribution < -0.4 is 5.32 Å². The number of anilines is 1. The maximum Gasteiger partial charge on any atom is 0.181 e. The Labute approximate surface area is 154 Å². The predicted molar refractivity (Wildman–Crippen MR) is 104 cm³/mol. The third-order valence-corrected chi connectivity index (χ3v) is 4.96. The van der Waals surface area contributed by atoms with Gasteiger partial charge in [-0.2, -0.15) is 0 Å². The summed E-state index contributed by atoms with van der Waals surface area (Å²) in [6.07, 6.45) is 6.76. The van der Waals surface area contributed by atoms with E-state index in [9.17, 15) is 0 Å². The Morgan fingerprint density at radius 3 is 3.09 bits per heavy atom. The third-order valence-electron chi connectivity index (χ3n) is 3.78. The zero-order valence-corrected chi connectivity index (χ0v) is 15.8. The van der Waals surface area contributed by atoms with Crippen LogP contribution in [0.15, 0.2) is 47.5 Å². The largest absolute Gasteiger partial charge is 0.367 e. The van der Waals surface area contributed by atoms with Crippen LogP contribution >= 0.6 is 38.5 Å². The molecule has 0 bridgehead atoms. The lowest BCUT2D eigenvalue weighted by Crippen LogP contribution is -2.08. The van der Waals surface area contributed by atoms with Gasteiger partial charge in [0.15, 0.2) is 11.5 Å². The molecular weight excluding hydrogens is 469 g/mol. The van der Waals surface area contributed by atoms with Crippen LogP contribution in [-0.2, 0) is 6.42 Å². The topological polar surface area (TPSA) is 58.0 Å². The van der Waals surface area contributed by atoms with Gasteiger partial charge < -0.3 is 10.3 Å². The van der Waals surface area contributed by atoms with Crippen molar-refractivity contribution in [2.75, 3.05) is 11.9 Å². The van der Waals surface area contributed by atoms with Crippen molar-refractivity contribution in [3.63, 3.8) is 0 Å². The Morgan fingerprint density at radius 1 is 1.30 bits per heavy atom. The summed E-state index contributed by atoms with van der Waals surface area (Å²) in [6.45, 7) is 0.796. The van der Waals surface area contributed by atoms with Gasteiger partial charge in [-0.25, -0.2) is 9.97 Å². The van der Waals surface area contributed by atoms with E-state index in [1.165, 1.54) is 16.5 Å². The molecule has 116 valence electrons. The van der Waals surface area contributed by atoms with E-state index in [1.807, 2.05) is 22.9 Å². The number of benzene rings is 1. The van der Waals surface area contributed by atoms with Crippen molar-refractivity contribution < 1.29 is 0 Å². The predicted octanol–water partition coefficient (Wildman–Crippen LogP) is 4.23. The van der Waals surface area contributed by atoms with Gasteiger partial charge >= 0.3 is 0 Å². The van der Waals surface area contributed by atoms with Crippen molar-refractivity contribution in [1.82, 2.24) is 19.4 Å². The fraction of sp³-hybridized carbons (Fsp3) is 0.125. The lowest BCUT2D eigenvalue weighted by molar-refractivity contribution is 0.996. The highest BCUT2D eigenvalue weighted by Crippen LogP contribution is 2.21. The van der Waals surface area contributed by atoms with Gasteiger partial charge in [-0.05, 0) is 56.6 Å². The number of nitrogens with one attached hydrogen (secondary N) is 2. The molecule has 0 spiro atoms. The number of aromatic nitrogens is 4. The second kappa shape index (κ2) is 6.12. The summed E-state index contributed by atoms with van der Waals surface area (Å²) in [6, 6.07) is 8.35. The first-order chi connectivity index (χ1) is 11.2. The fourth-order valence-corrected chi connectivity index (χ4v) is 3.59. The zero-order chi connectivity index (χ0) is 15.8. The minimum Gasteiger partial charge on any atom is -0.367 e. The summed E-state index contributed by atoms with van der Waals surface area (Å²) in [5.41, 5.74) is 3.32. The summed E-state index contributed by atoms with van der Waals surface area (Å²) in [4.78, 5) is 12.2. The summed E-state index contributed by atoms with van der Waals surface area (Å²) in [7, 11) is 0. The van der Waals surface area contributed by atoms with E-state index in [2.05, 4.69) is 83.2 Å². The maximum atomic E-state index is 4.51. The van der Waals surface area contributed by atoms with Crippen molar-refractivity contribution in [1.29, 1.82) is 0 Å². The van der Waals surface area contributed by atoms with Crippen LogP contribution in [0, 0.1) is 3.70 Å². The second-order valence-electron chi connectivity index (χ2n) is 5.22. The molecule has 0 aliphatic carbocycles. The molecule has 0 unspecified atom stereocenters. The Kier molecular flexibility index (Phi) is 3.98. The molecule has 4 aromatic rings. The summed E-state index contributed by atoms with van der Waals surface area (Å²) in [5, 5.41) is 4.68. The van der Waals surface area contributed by atoms with Crippen molar-refractivity contribution in [3.8, 4) is 0 Å². The number of halogens is 2. The minimum atomic E-state index is 0.788. The number of nitrogens with zero attached hydrogens (tertiary/aromatic N) is 3. The Bertz CT molecular complexity index is 991. The number of hydrogen-bond acceptors (Lipinski definition) is 3. The summed E-state index contributed by atoms with van der Waals surface area (Å²) >= 11 is 5.72. The smallest absolute Gasteiger partial charge is 0.181 e. The van der Waals surface area contributed by atoms with E-state index >= 15 is 0 Å². The van der Waals surface area contributed by atoms with Gasteiger partial charge in [-0.1, -0.05) is 18.2 Å². The molecule has 1 aromatic carbocycles. The van der Waals surface area contributed by atoms with Crippen molar-refractivity contribution in [2.45, 2.75) is 6.42 Å². The highest BCUT2D eigenvalue weighted by atomic mass is 127. The van der Waals surface area contributed by atoms with E-state index in [0.717, 1.165) is 32.7 Å². The molecule has 0 aliphatic heterocycles. The van der Waals surface area contributed by atoms with E-state index in [4.69, 9.17) is 0 Å². The normalized spacial score (nSPS) is 11.4. The molecule has 0 aliphatic rings. The first-order valence-corrected chi connectivity index (χ1v) is 9.07. The van der Waals surface area contributed by atoms with Gasteiger partial charge in [0.2, 0.25) is 0 Å². The first-order valence-electron chi connectivity index (χ1n) is 7.20. The number of hydrogen-bond donors (Lipinski definition) is 2. The molecule has 7 heteroatoms. The molecule has 2 N–H and O–H groups in total. The lowest BCUT2D eigenvalue weighted by atomic mass is 10.1. The number of rotatable bonds is 4. The highest BCUT2D eigenvalue weighted by molar-refractivity contribution is 14.1. The van der Waals surface area contributed by atoms with Crippen LogP contribution in [-0.4, -0.2) is 25.9 Å². The number of fused-ring (bicyclic) bond motifs is 2. The first kappa shape index (κ1) is 14.9. The molecule has 3 heterocycles. The molecule has 0 atom stereocenters. The van der Waals surface area contributed by atoms with E-state index in [1.54, 1.807) is 0 Å². The maximum absolute atomic E-state index is 4.51. The van der Waals surface area contributed by atoms with E-state index < -0.39 is 0 Å². The molecular formula is C16H13BrIN5. The molecule has 23 heavy (non-hydrogen) atoms. The molecule has 5 nitrogen and oxygen atoms in total. The number of H-pyrrole nitrogens is 1. The molecule has 0 fully saturated rings. The van der Waals surface area contributed by atoms with Crippen LogP contribution in [0.2, 0.25) is 0 Å². The minimum absolute atomic E-state index is 0.788. The van der Waals surface area contributed by atoms with Gasteiger partial charge in [0.05, 0.1) is 6.20 Å². The highest BCUT2D eigenvalue weighted by Gasteiger charge is 2.09. The molecule has 0 saturated carbocycles. The van der Waals surface area contributed by atoms with E-state index in [0.29, 0.717) is 0 Å². The van der Waals surface area contributed by atoms with Gasteiger partial charge in [-0.3, -0.25) is 4.40 Å². The molecule has 4 rings (SSSR count). The Morgan fingerprint density at radius 2 is 2.17 bits per heavy atom. The Hall–Kier alpha value is -1.61. The summed E-state index contributed by atoms with van der Waals surface area (Å²) < 4.78 is 3.86. The van der Waals surface area contributed by atoms with Crippen molar-refractivity contribution >= 4 is 60.9 Å². The van der Waals surface area contributed by atoms with Gasteiger partial charge in [0.1, 0.15) is 8.30 Å². The summed E-state index contributed by atoms with van der Waals surface area (Å²) in [5.74, 6) is 0.794. The van der Waals surface area contributed by atoms with Crippen LogP contribution in [0.5, 0.6) is 0 Å².